The third-order valence-corrected chi connectivity index (χ3v) is 2.57. The molecule has 6 heteroatoms. The van der Waals surface area contributed by atoms with Crippen LogP contribution in [0.3, 0.4) is 0 Å². The van der Waals surface area contributed by atoms with E-state index in [4.69, 9.17) is 0 Å². The summed E-state index contributed by atoms with van der Waals surface area (Å²) in [5.74, 6) is 0.285. The summed E-state index contributed by atoms with van der Waals surface area (Å²) in [6, 6.07) is 4.36. The van der Waals surface area contributed by atoms with Crippen LogP contribution in [0.15, 0.2) is 18.2 Å². The minimum Gasteiger partial charge on any atom is -0.355 e. The minimum atomic E-state index is -0.305. The number of hydrogen-bond donors (Lipinski definition) is 2. The molecule has 0 spiro atoms. The smallest absolute Gasteiger partial charge is 0.223 e. The Kier molecular flexibility index (Phi) is 3.45. The molecule has 18 heavy (non-hydrogen) atoms. The molecule has 0 aliphatic rings. The lowest BCUT2D eigenvalue weighted by molar-refractivity contribution is -0.128. The molecule has 0 fully saturated rings. The Balaban J connectivity index is 1.98. The van der Waals surface area contributed by atoms with Crippen LogP contribution in [0.5, 0.6) is 0 Å². The first-order valence-electron chi connectivity index (χ1n) is 5.65. The molecule has 2 rings (SSSR count). The quantitative estimate of drug-likeness (QED) is 0.866. The van der Waals surface area contributed by atoms with E-state index in [-0.39, 0.29) is 11.7 Å². The molecule has 0 atom stereocenters. The van der Waals surface area contributed by atoms with Gasteiger partial charge >= 0.3 is 0 Å². The highest BCUT2D eigenvalue weighted by atomic mass is 19.1. The standard InChI is InChI=1S/C12H15FN4O/c1-17(2)11(18)5-6-14-12-15-9-4-3-8(13)7-10(9)16-12/h3-4,7H,5-6H2,1-2H3,(H2,14,15,16). The Labute approximate surface area is 104 Å². The van der Waals surface area contributed by atoms with Crippen LogP contribution in [0.4, 0.5) is 10.3 Å². The molecule has 96 valence electrons. The number of imidazole rings is 1. The zero-order valence-electron chi connectivity index (χ0n) is 10.3. The fourth-order valence-electron chi connectivity index (χ4n) is 1.58. The van der Waals surface area contributed by atoms with Crippen LogP contribution >= 0.6 is 0 Å². The van der Waals surface area contributed by atoms with E-state index >= 15 is 0 Å². The molecule has 0 saturated heterocycles. The van der Waals surface area contributed by atoms with Crippen molar-refractivity contribution in [1.82, 2.24) is 14.9 Å². The van der Waals surface area contributed by atoms with Gasteiger partial charge in [-0.05, 0) is 18.2 Å². The number of hydrogen-bond acceptors (Lipinski definition) is 3. The molecule has 1 aromatic carbocycles. The van der Waals surface area contributed by atoms with E-state index in [2.05, 4.69) is 15.3 Å². The van der Waals surface area contributed by atoms with Crippen LogP contribution in [-0.2, 0) is 4.79 Å². The van der Waals surface area contributed by atoms with Crippen molar-refractivity contribution in [1.29, 1.82) is 0 Å². The first-order chi connectivity index (χ1) is 8.56. The maximum absolute atomic E-state index is 13.0. The van der Waals surface area contributed by atoms with Gasteiger partial charge in [0.2, 0.25) is 11.9 Å². The number of halogens is 1. The average Bonchev–Trinajstić information content (AvgIpc) is 2.70. The summed E-state index contributed by atoms with van der Waals surface area (Å²) in [6.45, 7) is 0.485. The molecule has 0 unspecified atom stereocenters. The van der Waals surface area contributed by atoms with E-state index in [0.29, 0.717) is 29.9 Å². The fourth-order valence-corrected chi connectivity index (χ4v) is 1.58. The Morgan fingerprint density at radius 1 is 1.50 bits per heavy atom. The monoisotopic (exact) mass is 250 g/mol. The number of aromatic amines is 1. The molecule has 0 bridgehead atoms. The van der Waals surface area contributed by atoms with E-state index < -0.39 is 0 Å². The molecule has 0 aliphatic carbocycles. The number of carbonyl (C=O) groups is 1. The lowest BCUT2D eigenvalue weighted by atomic mass is 10.3. The highest BCUT2D eigenvalue weighted by Crippen LogP contribution is 2.15. The van der Waals surface area contributed by atoms with Crippen LogP contribution in [0.2, 0.25) is 0 Å². The third kappa shape index (κ3) is 2.77. The number of fused-ring (bicyclic) bond motifs is 1. The Morgan fingerprint density at radius 2 is 2.28 bits per heavy atom. The van der Waals surface area contributed by atoms with E-state index in [9.17, 15) is 9.18 Å². The molecule has 5 nitrogen and oxygen atoms in total. The number of anilines is 1. The highest BCUT2D eigenvalue weighted by Gasteiger charge is 2.05. The van der Waals surface area contributed by atoms with Crippen LogP contribution in [0.25, 0.3) is 11.0 Å². The third-order valence-electron chi connectivity index (χ3n) is 2.57. The van der Waals surface area contributed by atoms with E-state index in [0.717, 1.165) is 0 Å². The number of H-pyrrole nitrogens is 1. The largest absolute Gasteiger partial charge is 0.355 e. The summed E-state index contributed by atoms with van der Waals surface area (Å²) in [4.78, 5) is 20.1. The topological polar surface area (TPSA) is 61.0 Å². The van der Waals surface area contributed by atoms with Crippen LogP contribution in [0.1, 0.15) is 6.42 Å². The summed E-state index contributed by atoms with van der Waals surface area (Å²) < 4.78 is 13.0. The molecule has 0 aliphatic heterocycles. The van der Waals surface area contributed by atoms with Crippen LogP contribution < -0.4 is 5.32 Å². The number of carbonyl (C=O) groups excluding carboxylic acids is 1. The van der Waals surface area contributed by atoms with Crippen molar-refractivity contribution in [2.24, 2.45) is 0 Å². The summed E-state index contributed by atoms with van der Waals surface area (Å²) in [5.41, 5.74) is 1.33. The van der Waals surface area contributed by atoms with E-state index in [1.807, 2.05) is 0 Å². The van der Waals surface area contributed by atoms with Crippen molar-refractivity contribution in [3.8, 4) is 0 Å². The lowest BCUT2D eigenvalue weighted by Gasteiger charge is -2.09. The SMILES string of the molecule is CN(C)C(=O)CCNc1nc2ccc(F)cc2[nH]1. The van der Waals surface area contributed by atoms with Crippen LogP contribution in [-0.4, -0.2) is 41.4 Å². The first-order valence-corrected chi connectivity index (χ1v) is 5.65. The Bertz CT molecular complexity index is 564. The normalized spacial score (nSPS) is 10.6. The number of nitrogens with one attached hydrogen (secondary N) is 2. The molecular formula is C12H15FN4O. The van der Waals surface area contributed by atoms with Gasteiger partial charge in [0.25, 0.3) is 0 Å². The number of aromatic nitrogens is 2. The minimum absolute atomic E-state index is 0.0460. The predicted octanol–water partition coefficient (Wildman–Crippen LogP) is 1.59. The van der Waals surface area contributed by atoms with Gasteiger partial charge in [-0.3, -0.25) is 4.79 Å². The van der Waals surface area contributed by atoms with Crippen molar-refractivity contribution in [3.63, 3.8) is 0 Å². The average molecular weight is 250 g/mol. The van der Waals surface area contributed by atoms with Gasteiger partial charge in [0, 0.05) is 27.1 Å². The summed E-state index contributed by atoms with van der Waals surface area (Å²) >= 11 is 0. The zero-order valence-corrected chi connectivity index (χ0v) is 10.3. The van der Waals surface area contributed by atoms with E-state index in [1.54, 1.807) is 20.2 Å². The van der Waals surface area contributed by atoms with Crippen LogP contribution in [0, 0.1) is 5.82 Å². The van der Waals surface area contributed by atoms with Crippen molar-refractivity contribution in [2.75, 3.05) is 26.0 Å². The molecule has 0 saturated carbocycles. The van der Waals surface area contributed by atoms with Gasteiger partial charge in [-0.25, -0.2) is 9.37 Å². The number of nitrogens with zero attached hydrogens (tertiary/aromatic N) is 2. The lowest BCUT2D eigenvalue weighted by Crippen LogP contribution is -2.24. The zero-order chi connectivity index (χ0) is 13.1. The Morgan fingerprint density at radius 3 is 3.00 bits per heavy atom. The van der Waals surface area contributed by atoms with E-state index in [1.165, 1.54) is 17.0 Å². The molecule has 2 aromatic rings. The summed E-state index contributed by atoms with van der Waals surface area (Å²) in [7, 11) is 3.43. The number of benzene rings is 1. The van der Waals surface area contributed by atoms with Gasteiger partial charge in [0.1, 0.15) is 5.82 Å². The van der Waals surface area contributed by atoms with Gasteiger partial charge in [0.05, 0.1) is 11.0 Å². The molecule has 1 aromatic heterocycles. The summed E-state index contributed by atoms with van der Waals surface area (Å²) in [5, 5.41) is 3.00. The fraction of sp³-hybridized carbons (Fsp3) is 0.333. The van der Waals surface area contributed by atoms with Gasteiger partial charge in [-0.1, -0.05) is 0 Å². The second-order valence-corrected chi connectivity index (χ2v) is 4.21. The molecule has 0 radical (unpaired) electrons. The highest BCUT2D eigenvalue weighted by molar-refractivity contribution is 5.78. The maximum Gasteiger partial charge on any atom is 0.223 e. The van der Waals surface area contributed by atoms with Crippen molar-refractivity contribution < 1.29 is 9.18 Å². The van der Waals surface area contributed by atoms with Gasteiger partial charge in [0.15, 0.2) is 0 Å². The molecule has 2 N–H and O–H groups in total. The predicted molar refractivity (Wildman–Crippen MR) is 67.9 cm³/mol. The van der Waals surface area contributed by atoms with Gasteiger partial charge in [-0.2, -0.15) is 0 Å². The number of rotatable bonds is 4. The second-order valence-electron chi connectivity index (χ2n) is 4.21. The Hall–Kier alpha value is -2.11. The number of amides is 1. The molecule has 1 amide bonds. The first kappa shape index (κ1) is 12.3. The van der Waals surface area contributed by atoms with Crippen molar-refractivity contribution in [2.45, 2.75) is 6.42 Å². The van der Waals surface area contributed by atoms with Gasteiger partial charge < -0.3 is 15.2 Å². The molecule has 1 heterocycles. The van der Waals surface area contributed by atoms with Crippen molar-refractivity contribution >= 4 is 22.9 Å². The second kappa shape index (κ2) is 5.03. The van der Waals surface area contributed by atoms with Crippen molar-refractivity contribution in [3.05, 3.63) is 24.0 Å². The molecular weight excluding hydrogens is 235 g/mol. The van der Waals surface area contributed by atoms with Gasteiger partial charge in [-0.15, -0.1) is 0 Å². The summed E-state index contributed by atoms with van der Waals surface area (Å²) in [6.07, 6.45) is 0.387. The maximum atomic E-state index is 13.0.